The summed E-state index contributed by atoms with van der Waals surface area (Å²) in [5.74, 6) is 0. The second-order valence-electron chi connectivity index (χ2n) is 6.44. The van der Waals surface area contributed by atoms with Gasteiger partial charge in [0.2, 0.25) is 0 Å². The molecule has 3 aromatic rings. The molecule has 124 valence electrons. The Morgan fingerprint density at radius 3 is 2.88 bits per heavy atom. The molecule has 0 radical (unpaired) electrons. The van der Waals surface area contributed by atoms with E-state index in [4.69, 9.17) is 9.15 Å². The van der Waals surface area contributed by atoms with Crippen molar-refractivity contribution in [3.8, 4) is 0 Å². The maximum absolute atomic E-state index is 6.04. The van der Waals surface area contributed by atoms with Crippen molar-refractivity contribution < 1.29 is 9.15 Å². The molecule has 0 atom stereocenters. The molecule has 4 rings (SSSR count). The Morgan fingerprint density at radius 1 is 1.12 bits per heavy atom. The fraction of sp³-hybridized carbons (Fsp3) is 0.350. The highest BCUT2D eigenvalue weighted by molar-refractivity contribution is 5.77. The van der Waals surface area contributed by atoms with Gasteiger partial charge in [-0.2, -0.15) is 0 Å². The minimum Gasteiger partial charge on any atom is -0.464 e. The maximum atomic E-state index is 6.04. The SMILES string of the molecule is c1cncc(COC2CCN(Cc3ccc4occc4c3)CC2)c1. The van der Waals surface area contributed by atoms with Crippen molar-refractivity contribution in [2.24, 2.45) is 0 Å². The molecule has 1 aliphatic rings. The lowest BCUT2D eigenvalue weighted by atomic mass is 10.1. The second-order valence-corrected chi connectivity index (χ2v) is 6.44. The van der Waals surface area contributed by atoms with E-state index in [1.165, 1.54) is 10.9 Å². The standard InChI is InChI=1S/C20H22N2O2/c1-2-17(13-21-8-1)15-24-19-5-9-22(10-6-19)14-16-3-4-20-18(12-16)7-11-23-20/h1-4,7-8,11-13,19H,5-6,9-10,14-15H2. The molecule has 24 heavy (non-hydrogen) atoms. The van der Waals surface area contributed by atoms with Crippen molar-refractivity contribution in [3.63, 3.8) is 0 Å². The molecule has 2 aromatic heterocycles. The molecule has 1 saturated heterocycles. The van der Waals surface area contributed by atoms with Crippen LogP contribution in [-0.4, -0.2) is 29.1 Å². The van der Waals surface area contributed by atoms with Gasteiger partial charge in [0.1, 0.15) is 5.58 Å². The molecule has 0 unspecified atom stereocenters. The van der Waals surface area contributed by atoms with E-state index in [0.717, 1.165) is 43.6 Å². The number of likely N-dealkylation sites (tertiary alicyclic amines) is 1. The average Bonchev–Trinajstić information content (AvgIpc) is 3.10. The second kappa shape index (κ2) is 7.16. The highest BCUT2D eigenvalue weighted by atomic mass is 16.5. The fourth-order valence-corrected chi connectivity index (χ4v) is 3.30. The van der Waals surface area contributed by atoms with Crippen molar-refractivity contribution in [3.05, 3.63) is 66.2 Å². The van der Waals surface area contributed by atoms with Gasteiger partial charge in [-0.05, 0) is 48.2 Å². The van der Waals surface area contributed by atoms with Gasteiger partial charge in [0, 0.05) is 37.4 Å². The van der Waals surface area contributed by atoms with Gasteiger partial charge in [0.05, 0.1) is 19.0 Å². The zero-order valence-corrected chi connectivity index (χ0v) is 13.7. The quantitative estimate of drug-likeness (QED) is 0.711. The Balaban J connectivity index is 1.26. The number of pyridine rings is 1. The zero-order valence-electron chi connectivity index (χ0n) is 13.7. The molecule has 1 fully saturated rings. The van der Waals surface area contributed by atoms with E-state index in [1.807, 2.05) is 18.3 Å². The molecule has 0 spiro atoms. The first-order valence-corrected chi connectivity index (χ1v) is 8.56. The molecule has 1 aromatic carbocycles. The third-order valence-electron chi connectivity index (χ3n) is 4.67. The van der Waals surface area contributed by atoms with Crippen molar-refractivity contribution in [2.45, 2.75) is 32.1 Å². The van der Waals surface area contributed by atoms with Crippen LogP contribution in [0.25, 0.3) is 11.0 Å². The maximum Gasteiger partial charge on any atom is 0.133 e. The minimum atomic E-state index is 0.359. The van der Waals surface area contributed by atoms with Crippen LogP contribution in [-0.2, 0) is 17.9 Å². The minimum absolute atomic E-state index is 0.359. The van der Waals surface area contributed by atoms with E-state index in [0.29, 0.717) is 12.7 Å². The van der Waals surface area contributed by atoms with Gasteiger partial charge in [-0.15, -0.1) is 0 Å². The summed E-state index contributed by atoms with van der Waals surface area (Å²) in [6, 6.07) is 12.5. The summed E-state index contributed by atoms with van der Waals surface area (Å²) in [6.07, 6.45) is 7.96. The lowest BCUT2D eigenvalue weighted by Gasteiger charge is -2.32. The van der Waals surface area contributed by atoms with Gasteiger partial charge in [-0.1, -0.05) is 12.1 Å². The summed E-state index contributed by atoms with van der Waals surface area (Å²) in [5.41, 5.74) is 3.45. The summed E-state index contributed by atoms with van der Waals surface area (Å²) in [7, 11) is 0. The summed E-state index contributed by atoms with van der Waals surface area (Å²) < 4.78 is 11.4. The topological polar surface area (TPSA) is 38.5 Å². The number of hydrogen-bond acceptors (Lipinski definition) is 4. The van der Waals surface area contributed by atoms with E-state index in [-0.39, 0.29) is 0 Å². The van der Waals surface area contributed by atoms with Crippen LogP contribution in [0.1, 0.15) is 24.0 Å². The molecule has 0 bridgehead atoms. The number of aromatic nitrogens is 1. The average molecular weight is 322 g/mol. The molecule has 1 aliphatic heterocycles. The first-order valence-electron chi connectivity index (χ1n) is 8.56. The zero-order chi connectivity index (χ0) is 16.2. The largest absolute Gasteiger partial charge is 0.464 e. The van der Waals surface area contributed by atoms with Crippen molar-refractivity contribution in [1.29, 1.82) is 0 Å². The summed E-state index contributed by atoms with van der Waals surface area (Å²) >= 11 is 0. The highest BCUT2D eigenvalue weighted by Crippen LogP contribution is 2.21. The van der Waals surface area contributed by atoms with Crippen LogP contribution in [0.5, 0.6) is 0 Å². The molecule has 0 aliphatic carbocycles. The Morgan fingerprint density at radius 2 is 2.04 bits per heavy atom. The number of furan rings is 1. The van der Waals surface area contributed by atoms with E-state index in [2.05, 4.69) is 34.1 Å². The van der Waals surface area contributed by atoms with E-state index < -0.39 is 0 Å². The van der Waals surface area contributed by atoms with Crippen LogP contribution >= 0.6 is 0 Å². The van der Waals surface area contributed by atoms with Crippen LogP contribution in [0.4, 0.5) is 0 Å². The third-order valence-corrected chi connectivity index (χ3v) is 4.67. The highest BCUT2D eigenvalue weighted by Gasteiger charge is 2.19. The van der Waals surface area contributed by atoms with Crippen molar-refractivity contribution >= 4 is 11.0 Å². The predicted molar refractivity (Wildman–Crippen MR) is 93.5 cm³/mol. The number of rotatable bonds is 5. The number of fused-ring (bicyclic) bond motifs is 1. The Hall–Kier alpha value is -2.17. The molecule has 3 heterocycles. The summed E-state index contributed by atoms with van der Waals surface area (Å²) in [5, 5.41) is 1.18. The number of benzene rings is 1. The summed E-state index contributed by atoms with van der Waals surface area (Å²) in [4.78, 5) is 6.64. The van der Waals surface area contributed by atoms with E-state index in [9.17, 15) is 0 Å². The van der Waals surface area contributed by atoms with Gasteiger partial charge >= 0.3 is 0 Å². The van der Waals surface area contributed by atoms with Gasteiger partial charge in [0.25, 0.3) is 0 Å². The van der Waals surface area contributed by atoms with Gasteiger partial charge in [0.15, 0.2) is 0 Å². The monoisotopic (exact) mass is 322 g/mol. The van der Waals surface area contributed by atoms with Crippen molar-refractivity contribution in [1.82, 2.24) is 9.88 Å². The number of hydrogen-bond donors (Lipinski definition) is 0. The van der Waals surface area contributed by atoms with Gasteiger partial charge < -0.3 is 9.15 Å². The van der Waals surface area contributed by atoms with E-state index in [1.54, 1.807) is 12.5 Å². The number of nitrogens with zero attached hydrogens (tertiary/aromatic N) is 2. The van der Waals surface area contributed by atoms with Gasteiger partial charge in [-0.25, -0.2) is 0 Å². The first kappa shape index (κ1) is 15.4. The Bertz CT molecular complexity index is 776. The normalized spacial score (nSPS) is 16.7. The van der Waals surface area contributed by atoms with Crippen LogP contribution < -0.4 is 0 Å². The van der Waals surface area contributed by atoms with Crippen LogP contribution in [0, 0.1) is 0 Å². The summed E-state index contributed by atoms with van der Waals surface area (Å²) in [6.45, 7) is 3.83. The third kappa shape index (κ3) is 3.66. The first-order chi connectivity index (χ1) is 11.9. The fourth-order valence-electron chi connectivity index (χ4n) is 3.30. The van der Waals surface area contributed by atoms with Gasteiger partial charge in [-0.3, -0.25) is 9.88 Å². The smallest absolute Gasteiger partial charge is 0.133 e. The molecule has 0 N–H and O–H groups in total. The molecule has 0 amide bonds. The lowest BCUT2D eigenvalue weighted by molar-refractivity contribution is -0.00403. The van der Waals surface area contributed by atoms with Crippen molar-refractivity contribution in [2.75, 3.05) is 13.1 Å². The molecule has 4 nitrogen and oxygen atoms in total. The molecule has 0 saturated carbocycles. The predicted octanol–water partition coefficient (Wildman–Crippen LogP) is 4.01. The molecular weight excluding hydrogens is 300 g/mol. The van der Waals surface area contributed by atoms with Crippen LogP contribution in [0.2, 0.25) is 0 Å². The molecular formula is C20H22N2O2. The Labute approximate surface area is 142 Å². The number of piperidine rings is 1. The Kier molecular flexibility index (Phi) is 4.58. The van der Waals surface area contributed by atoms with Crippen LogP contribution in [0.3, 0.4) is 0 Å². The van der Waals surface area contributed by atoms with Crippen LogP contribution in [0.15, 0.2) is 59.5 Å². The number of ether oxygens (including phenoxy) is 1. The molecule has 4 heteroatoms. The van der Waals surface area contributed by atoms with E-state index >= 15 is 0 Å². The lowest BCUT2D eigenvalue weighted by Crippen LogP contribution is -2.36.